The van der Waals surface area contributed by atoms with Gasteiger partial charge in [0.15, 0.2) is 0 Å². The van der Waals surface area contributed by atoms with E-state index in [9.17, 15) is 9.90 Å². The molecule has 1 amide bonds. The molecule has 1 atom stereocenters. The first-order valence-corrected chi connectivity index (χ1v) is 7.47. The molecule has 5 heteroatoms. The quantitative estimate of drug-likeness (QED) is 0.847. The molecule has 2 aromatic rings. The van der Waals surface area contributed by atoms with Crippen LogP contribution >= 0.6 is 0 Å². The summed E-state index contributed by atoms with van der Waals surface area (Å²) in [4.78, 5) is 12.6. The number of fused-ring (bicyclic) bond motifs is 2. The van der Waals surface area contributed by atoms with E-state index in [1.165, 1.54) is 0 Å². The zero-order valence-corrected chi connectivity index (χ0v) is 13.2. The maximum Gasteiger partial charge on any atom is 0.211 e. The maximum atomic E-state index is 11.5. The number of amides is 1. The van der Waals surface area contributed by atoms with Crippen molar-refractivity contribution in [1.29, 1.82) is 0 Å². The molecule has 0 radical (unpaired) electrons. The van der Waals surface area contributed by atoms with E-state index in [2.05, 4.69) is 5.32 Å². The predicted octanol–water partition coefficient (Wildman–Crippen LogP) is 1.94. The lowest BCUT2D eigenvalue weighted by Crippen LogP contribution is -2.39. The van der Waals surface area contributed by atoms with E-state index in [-0.39, 0.29) is 0 Å². The van der Waals surface area contributed by atoms with Gasteiger partial charge in [-0.2, -0.15) is 0 Å². The van der Waals surface area contributed by atoms with Gasteiger partial charge in [0.1, 0.15) is 18.0 Å². The number of hydrogen-bond acceptors (Lipinski definition) is 4. The molecule has 0 saturated heterocycles. The van der Waals surface area contributed by atoms with Crippen LogP contribution in [0.3, 0.4) is 0 Å². The number of nitrogens with one attached hydrogen (secondary N) is 1. The zero-order chi connectivity index (χ0) is 16.4. The van der Waals surface area contributed by atoms with Crippen molar-refractivity contribution in [2.24, 2.45) is 0 Å². The minimum atomic E-state index is -1.17. The highest BCUT2D eigenvalue weighted by Crippen LogP contribution is 2.41. The molecule has 2 N–H and O–H groups in total. The van der Waals surface area contributed by atoms with E-state index >= 15 is 0 Å². The van der Waals surface area contributed by atoms with E-state index in [0.29, 0.717) is 31.0 Å². The van der Waals surface area contributed by atoms with Gasteiger partial charge in [-0.1, -0.05) is 24.3 Å². The Morgan fingerprint density at radius 3 is 2.78 bits per heavy atom. The topological polar surface area (TPSA) is 61.8 Å². The molecule has 0 bridgehead atoms. The second-order valence-electron chi connectivity index (χ2n) is 6.02. The summed E-state index contributed by atoms with van der Waals surface area (Å²) >= 11 is 0. The molecule has 0 aromatic heterocycles. The van der Waals surface area contributed by atoms with Gasteiger partial charge in [0, 0.05) is 17.8 Å². The molecule has 23 heavy (non-hydrogen) atoms. The van der Waals surface area contributed by atoms with Crippen LogP contribution in [0.2, 0.25) is 0 Å². The summed E-state index contributed by atoms with van der Waals surface area (Å²) < 4.78 is 5.89. The number of anilines is 1. The SMILES string of the molecule is CN(C)CC1(O)c2ccc(NC=O)cc2COc2ccccc21. The second-order valence-corrected chi connectivity index (χ2v) is 6.02. The van der Waals surface area contributed by atoms with Gasteiger partial charge in [0.05, 0.1) is 0 Å². The number of aliphatic hydroxyl groups is 1. The van der Waals surface area contributed by atoms with Crippen molar-refractivity contribution in [2.75, 3.05) is 26.0 Å². The third-order valence-corrected chi connectivity index (χ3v) is 4.04. The van der Waals surface area contributed by atoms with Crippen LogP contribution in [-0.4, -0.2) is 37.1 Å². The Morgan fingerprint density at radius 2 is 2.04 bits per heavy atom. The van der Waals surface area contributed by atoms with Crippen molar-refractivity contribution in [2.45, 2.75) is 12.2 Å². The lowest BCUT2D eigenvalue weighted by atomic mass is 9.83. The number of ether oxygens (including phenoxy) is 1. The first-order valence-electron chi connectivity index (χ1n) is 7.47. The van der Waals surface area contributed by atoms with Gasteiger partial charge >= 0.3 is 0 Å². The molecule has 5 nitrogen and oxygen atoms in total. The minimum absolute atomic E-state index is 0.344. The molecule has 1 aliphatic heterocycles. The smallest absolute Gasteiger partial charge is 0.211 e. The average molecular weight is 312 g/mol. The number of benzene rings is 2. The monoisotopic (exact) mass is 312 g/mol. The molecule has 0 saturated carbocycles. The molecule has 2 aromatic carbocycles. The molecule has 3 rings (SSSR count). The molecule has 0 spiro atoms. The van der Waals surface area contributed by atoms with Gasteiger partial charge in [-0.3, -0.25) is 4.79 Å². The Bertz CT molecular complexity index is 730. The van der Waals surface area contributed by atoms with Crippen molar-refractivity contribution >= 4 is 12.1 Å². The van der Waals surface area contributed by atoms with Crippen LogP contribution in [0.4, 0.5) is 5.69 Å². The summed E-state index contributed by atoms with van der Waals surface area (Å²) in [6.07, 6.45) is 0.639. The number of likely N-dealkylation sites (N-methyl/N-ethyl adjacent to an activating group) is 1. The van der Waals surface area contributed by atoms with E-state index in [0.717, 1.165) is 16.7 Å². The van der Waals surface area contributed by atoms with Gasteiger partial charge in [-0.15, -0.1) is 0 Å². The summed E-state index contributed by atoms with van der Waals surface area (Å²) in [7, 11) is 3.85. The Kier molecular flexibility index (Phi) is 4.07. The summed E-state index contributed by atoms with van der Waals surface area (Å²) in [5.41, 5.74) is 1.92. The van der Waals surface area contributed by atoms with Crippen LogP contribution in [0, 0.1) is 0 Å². The maximum absolute atomic E-state index is 11.5. The number of nitrogens with zero attached hydrogens (tertiary/aromatic N) is 1. The first kappa shape index (κ1) is 15.5. The summed E-state index contributed by atoms with van der Waals surface area (Å²) in [6, 6.07) is 13.0. The number of rotatable bonds is 4. The molecule has 1 heterocycles. The molecule has 0 fully saturated rings. The molecule has 1 aliphatic rings. The number of carbonyl (C=O) groups is 1. The van der Waals surface area contributed by atoms with Crippen molar-refractivity contribution in [1.82, 2.24) is 4.90 Å². The van der Waals surface area contributed by atoms with Gasteiger partial charge in [-0.05, 0) is 43.4 Å². The Balaban J connectivity index is 2.18. The number of hydrogen-bond donors (Lipinski definition) is 2. The van der Waals surface area contributed by atoms with Gasteiger partial charge < -0.3 is 20.1 Å². The number of carbonyl (C=O) groups excluding carboxylic acids is 1. The fraction of sp³-hybridized carbons (Fsp3) is 0.278. The lowest BCUT2D eigenvalue weighted by molar-refractivity contribution is -0.105. The summed E-state index contributed by atoms with van der Waals surface area (Å²) in [5.74, 6) is 0.679. The van der Waals surface area contributed by atoms with Crippen molar-refractivity contribution in [3.8, 4) is 5.75 Å². The highest BCUT2D eigenvalue weighted by molar-refractivity contribution is 5.72. The minimum Gasteiger partial charge on any atom is -0.488 e. The molecular formula is C18H20N2O3. The van der Waals surface area contributed by atoms with Crippen molar-refractivity contribution in [3.63, 3.8) is 0 Å². The van der Waals surface area contributed by atoms with Gasteiger partial charge in [0.2, 0.25) is 6.41 Å². The van der Waals surface area contributed by atoms with Crippen LogP contribution in [0.5, 0.6) is 5.75 Å². The molecule has 120 valence electrons. The fourth-order valence-corrected chi connectivity index (χ4v) is 3.14. The van der Waals surface area contributed by atoms with Gasteiger partial charge in [-0.25, -0.2) is 0 Å². The van der Waals surface area contributed by atoms with E-state index in [1.807, 2.05) is 55.4 Å². The molecular weight excluding hydrogens is 292 g/mol. The summed E-state index contributed by atoms with van der Waals surface area (Å²) in [5, 5.41) is 14.2. The van der Waals surface area contributed by atoms with Crippen LogP contribution in [0.15, 0.2) is 42.5 Å². The third kappa shape index (κ3) is 2.81. The first-order chi connectivity index (χ1) is 11.0. The largest absolute Gasteiger partial charge is 0.488 e. The van der Waals surface area contributed by atoms with Crippen LogP contribution in [0.25, 0.3) is 0 Å². The highest BCUT2D eigenvalue weighted by Gasteiger charge is 2.38. The molecule has 1 unspecified atom stereocenters. The third-order valence-electron chi connectivity index (χ3n) is 4.04. The normalized spacial score (nSPS) is 19.3. The highest BCUT2D eigenvalue weighted by atomic mass is 16.5. The van der Waals surface area contributed by atoms with Crippen molar-refractivity contribution in [3.05, 3.63) is 59.2 Å². The molecule has 0 aliphatic carbocycles. The average Bonchev–Trinajstić information content (AvgIpc) is 2.63. The standard InChI is InChI=1S/C18H20N2O3/c1-20(2)11-18(22)15-8-7-14(19-12-21)9-13(15)10-23-17-6-4-3-5-16(17)18/h3-9,12,22H,10-11H2,1-2H3,(H,19,21). The Morgan fingerprint density at radius 1 is 1.26 bits per heavy atom. The fourth-order valence-electron chi connectivity index (χ4n) is 3.14. The van der Waals surface area contributed by atoms with Crippen molar-refractivity contribution < 1.29 is 14.6 Å². The van der Waals surface area contributed by atoms with Crippen LogP contribution in [0.1, 0.15) is 16.7 Å². The predicted molar refractivity (Wildman–Crippen MR) is 88.5 cm³/mol. The zero-order valence-electron chi connectivity index (χ0n) is 13.2. The lowest BCUT2D eigenvalue weighted by Gasteiger charge is -2.32. The van der Waals surface area contributed by atoms with Crippen LogP contribution < -0.4 is 10.1 Å². The summed E-state index contributed by atoms with van der Waals surface area (Å²) in [6.45, 7) is 0.775. The van der Waals surface area contributed by atoms with E-state index in [1.54, 1.807) is 6.07 Å². The van der Waals surface area contributed by atoms with Crippen LogP contribution in [-0.2, 0) is 17.0 Å². The second kappa shape index (κ2) is 6.02. The van der Waals surface area contributed by atoms with E-state index in [4.69, 9.17) is 4.74 Å². The van der Waals surface area contributed by atoms with Gasteiger partial charge in [0.25, 0.3) is 0 Å². The number of para-hydroxylation sites is 1. The Labute approximate surface area is 135 Å². The van der Waals surface area contributed by atoms with E-state index < -0.39 is 5.60 Å². The Hall–Kier alpha value is -2.37.